The van der Waals surface area contributed by atoms with Gasteiger partial charge in [0.15, 0.2) is 17.3 Å². The molecule has 5 nitrogen and oxygen atoms in total. The van der Waals surface area contributed by atoms with Gasteiger partial charge in [0.2, 0.25) is 5.43 Å². The SMILES string of the molecule is COc1cc2c(=O)c(C(=O)c3ccc(C)cc3)cn(Cc3ccc(C(C)(C)C)cc3)c2cc1OC. The fourth-order valence-electron chi connectivity index (χ4n) is 4.18. The number of aryl methyl sites for hydroxylation is 1. The van der Waals surface area contributed by atoms with Gasteiger partial charge in [-0.1, -0.05) is 74.9 Å². The first-order valence-corrected chi connectivity index (χ1v) is 11.6. The van der Waals surface area contributed by atoms with Crippen molar-refractivity contribution in [2.24, 2.45) is 0 Å². The molecule has 0 radical (unpaired) electrons. The van der Waals surface area contributed by atoms with Crippen molar-refractivity contribution < 1.29 is 14.3 Å². The third-order valence-corrected chi connectivity index (χ3v) is 6.32. The summed E-state index contributed by atoms with van der Waals surface area (Å²) in [6, 6.07) is 19.1. The maximum absolute atomic E-state index is 13.5. The zero-order valence-corrected chi connectivity index (χ0v) is 21.1. The smallest absolute Gasteiger partial charge is 0.200 e. The fourth-order valence-corrected chi connectivity index (χ4v) is 4.18. The minimum absolute atomic E-state index is 0.0557. The molecule has 0 spiro atoms. The van der Waals surface area contributed by atoms with Crippen LogP contribution in [0.25, 0.3) is 10.9 Å². The Morgan fingerprint density at radius 1 is 0.886 bits per heavy atom. The van der Waals surface area contributed by atoms with Crippen LogP contribution in [-0.2, 0) is 12.0 Å². The molecule has 0 amide bonds. The first-order chi connectivity index (χ1) is 16.6. The second-order valence-corrected chi connectivity index (χ2v) is 9.87. The lowest BCUT2D eigenvalue weighted by atomic mass is 9.87. The van der Waals surface area contributed by atoms with E-state index in [1.165, 1.54) is 12.7 Å². The number of carbonyl (C=O) groups is 1. The van der Waals surface area contributed by atoms with Gasteiger partial charge in [0, 0.05) is 24.4 Å². The molecule has 35 heavy (non-hydrogen) atoms. The van der Waals surface area contributed by atoms with Gasteiger partial charge in [0.05, 0.1) is 30.7 Å². The van der Waals surface area contributed by atoms with E-state index in [-0.39, 0.29) is 22.2 Å². The number of aromatic nitrogens is 1. The molecule has 4 rings (SSSR count). The van der Waals surface area contributed by atoms with Crippen LogP contribution in [0.3, 0.4) is 0 Å². The fraction of sp³-hybridized carbons (Fsp3) is 0.267. The lowest BCUT2D eigenvalue weighted by molar-refractivity contribution is 0.103. The van der Waals surface area contributed by atoms with Gasteiger partial charge in [-0.25, -0.2) is 0 Å². The molecule has 1 aromatic heterocycles. The van der Waals surface area contributed by atoms with E-state index >= 15 is 0 Å². The standard InChI is InChI=1S/C30H31NO4/c1-19-7-11-21(12-8-19)28(32)24-18-31(17-20-9-13-22(14-10-20)30(2,3)4)25-16-27(35-6)26(34-5)15-23(25)29(24)33/h7-16,18H,17H2,1-6H3. The van der Waals surface area contributed by atoms with Crippen molar-refractivity contribution >= 4 is 16.7 Å². The van der Waals surface area contributed by atoms with E-state index in [2.05, 4.69) is 45.0 Å². The van der Waals surface area contributed by atoms with Crippen LogP contribution in [0.15, 0.2) is 71.7 Å². The summed E-state index contributed by atoms with van der Waals surface area (Å²) in [4.78, 5) is 26.9. The molecule has 0 atom stereocenters. The second kappa shape index (κ2) is 9.41. The van der Waals surface area contributed by atoms with Gasteiger partial charge in [-0.15, -0.1) is 0 Å². The molecule has 0 N–H and O–H groups in total. The van der Waals surface area contributed by atoms with Gasteiger partial charge in [0.1, 0.15) is 0 Å². The number of benzene rings is 3. The van der Waals surface area contributed by atoms with Crippen molar-refractivity contribution in [1.82, 2.24) is 4.57 Å². The van der Waals surface area contributed by atoms with E-state index in [0.717, 1.165) is 11.1 Å². The Hall–Kier alpha value is -3.86. The highest BCUT2D eigenvalue weighted by atomic mass is 16.5. The lowest BCUT2D eigenvalue weighted by Gasteiger charge is -2.20. The van der Waals surface area contributed by atoms with E-state index in [4.69, 9.17) is 9.47 Å². The molecule has 0 saturated heterocycles. The Morgan fingerprint density at radius 3 is 2.06 bits per heavy atom. The first kappa shape index (κ1) is 24.3. The molecule has 0 bridgehead atoms. The quantitative estimate of drug-likeness (QED) is 0.330. The van der Waals surface area contributed by atoms with Gasteiger partial charge in [-0.2, -0.15) is 0 Å². The first-order valence-electron chi connectivity index (χ1n) is 11.6. The summed E-state index contributed by atoms with van der Waals surface area (Å²) in [5, 5.41) is 0.409. The number of ketones is 1. The Labute approximate surface area is 205 Å². The van der Waals surface area contributed by atoms with Gasteiger partial charge < -0.3 is 14.0 Å². The summed E-state index contributed by atoms with van der Waals surface area (Å²) in [7, 11) is 3.09. The molecular weight excluding hydrogens is 438 g/mol. The molecule has 180 valence electrons. The van der Waals surface area contributed by atoms with Gasteiger partial charge in [-0.05, 0) is 29.5 Å². The molecule has 5 heteroatoms. The van der Waals surface area contributed by atoms with Crippen molar-refractivity contribution in [3.63, 3.8) is 0 Å². The Morgan fingerprint density at radius 2 is 1.49 bits per heavy atom. The summed E-state index contributed by atoms with van der Waals surface area (Å²) >= 11 is 0. The summed E-state index contributed by atoms with van der Waals surface area (Å²) < 4.78 is 12.9. The molecule has 0 fully saturated rings. The Bertz CT molecular complexity index is 1440. The van der Waals surface area contributed by atoms with Crippen molar-refractivity contribution in [2.75, 3.05) is 14.2 Å². The van der Waals surface area contributed by atoms with Crippen LogP contribution in [-0.4, -0.2) is 24.6 Å². The van der Waals surface area contributed by atoms with E-state index in [9.17, 15) is 9.59 Å². The van der Waals surface area contributed by atoms with Gasteiger partial charge in [0.25, 0.3) is 0 Å². The zero-order chi connectivity index (χ0) is 25.3. The molecule has 4 aromatic rings. The van der Waals surface area contributed by atoms with E-state index in [0.29, 0.717) is 34.5 Å². The molecule has 0 unspecified atom stereocenters. The van der Waals surface area contributed by atoms with Crippen molar-refractivity contribution in [3.05, 3.63) is 105 Å². The van der Waals surface area contributed by atoms with E-state index < -0.39 is 0 Å². The van der Waals surface area contributed by atoms with E-state index in [1.54, 1.807) is 37.6 Å². The highest BCUT2D eigenvalue weighted by Crippen LogP contribution is 2.32. The Kier molecular flexibility index (Phi) is 6.53. The van der Waals surface area contributed by atoms with Gasteiger partial charge in [-0.3, -0.25) is 9.59 Å². The lowest BCUT2D eigenvalue weighted by Crippen LogP contribution is -2.20. The zero-order valence-electron chi connectivity index (χ0n) is 21.1. The van der Waals surface area contributed by atoms with Crippen LogP contribution in [0.1, 0.15) is 53.4 Å². The summed E-state index contributed by atoms with van der Waals surface area (Å²) in [6.07, 6.45) is 1.66. The van der Waals surface area contributed by atoms with Crippen molar-refractivity contribution in [3.8, 4) is 11.5 Å². The number of methoxy groups -OCH3 is 2. The number of hydrogen-bond donors (Lipinski definition) is 0. The summed E-state index contributed by atoms with van der Waals surface area (Å²) in [5.74, 6) is 0.662. The van der Waals surface area contributed by atoms with Crippen molar-refractivity contribution in [1.29, 1.82) is 0 Å². The molecular formula is C30H31NO4. The van der Waals surface area contributed by atoms with Crippen LogP contribution in [0.2, 0.25) is 0 Å². The largest absolute Gasteiger partial charge is 0.493 e. The van der Waals surface area contributed by atoms with Crippen LogP contribution in [0, 0.1) is 6.92 Å². The molecule has 3 aromatic carbocycles. The molecule has 1 heterocycles. The number of hydrogen-bond acceptors (Lipinski definition) is 4. The number of nitrogens with zero attached hydrogens (tertiary/aromatic N) is 1. The van der Waals surface area contributed by atoms with Crippen LogP contribution in [0.4, 0.5) is 0 Å². The highest BCUT2D eigenvalue weighted by Gasteiger charge is 2.20. The molecule has 0 aliphatic carbocycles. The number of ether oxygens (including phenoxy) is 2. The third-order valence-electron chi connectivity index (χ3n) is 6.32. The predicted molar refractivity (Wildman–Crippen MR) is 140 cm³/mol. The summed E-state index contributed by atoms with van der Waals surface area (Å²) in [6.45, 7) is 8.99. The average molecular weight is 470 g/mol. The van der Waals surface area contributed by atoms with Crippen LogP contribution >= 0.6 is 0 Å². The number of rotatable bonds is 6. The number of pyridine rings is 1. The monoisotopic (exact) mass is 469 g/mol. The minimum atomic E-state index is -0.328. The summed E-state index contributed by atoms with van der Waals surface area (Å²) in [5.41, 5.74) is 4.36. The maximum Gasteiger partial charge on any atom is 0.200 e. The molecule has 0 aliphatic heterocycles. The Balaban J connectivity index is 1.90. The predicted octanol–water partition coefficient (Wildman–Crippen LogP) is 5.90. The minimum Gasteiger partial charge on any atom is -0.493 e. The molecule has 0 aliphatic rings. The normalized spacial score (nSPS) is 11.5. The number of carbonyl (C=O) groups excluding carboxylic acids is 1. The van der Waals surface area contributed by atoms with Crippen LogP contribution in [0.5, 0.6) is 11.5 Å². The van der Waals surface area contributed by atoms with Crippen LogP contribution < -0.4 is 14.9 Å². The number of fused-ring (bicyclic) bond motifs is 1. The van der Waals surface area contributed by atoms with E-state index in [1.807, 2.05) is 23.6 Å². The topological polar surface area (TPSA) is 57.5 Å². The third kappa shape index (κ3) is 4.85. The van der Waals surface area contributed by atoms with Gasteiger partial charge >= 0.3 is 0 Å². The second-order valence-electron chi connectivity index (χ2n) is 9.87. The highest BCUT2D eigenvalue weighted by molar-refractivity contribution is 6.10. The molecule has 0 saturated carbocycles. The average Bonchev–Trinajstić information content (AvgIpc) is 2.84. The maximum atomic E-state index is 13.5. The van der Waals surface area contributed by atoms with Crippen molar-refractivity contribution in [2.45, 2.75) is 39.7 Å².